The Bertz CT molecular complexity index is 728. The van der Waals surface area contributed by atoms with Crippen LogP contribution in [0.15, 0.2) is 0 Å². The number of aliphatic hydroxyl groups is 1. The standard InChI is InChI=1S/C23H37N3O4S/c1-4-10-24-20(28)17-16-11-13(2)23(31-16)18(17)22(30)26(14(3)12-27)19(23)21(29)25-15-8-6-5-7-9-15/h13-19,27H,4-12H2,1-3H3,(H,24,28)(H,25,29)/t13?,14-,16-,17+,18+,19?,23?/m1/s1. The summed E-state index contributed by atoms with van der Waals surface area (Å²) in [6.45, 7) is 6.33. The minimum Gasteiger partial charge on any atom is -0.394 e. The summed E-state index contributed by atoms with van der Waals surface area (Å²) in [6, 6.07) is -0.940. The molecule has 3 saturated heterocycles. The maximum atomic E-state index is 13.8. The van der Waals surface area contributed by atoms with E-state index in [2.05, 4.69) is 17.6 Å². The first-order chi connectivity index (χ1) is 14.9. The fourth-order valence-corrected chi connectivity index (χ4v) is 8.92. The van der Waals surface area contributed by atoms with Gasteiger partial charge in [-0.2, -0.15) is 0 Å². The summed E-state index contributed by atoms with van der Waals surface area (Å²) in [7, 11) is 0. The number of nitrogens with zero attached hydrogens (tertiary/aromatic N) is 1. The molecule has 174 valence electrons. The predicted molar refractivity (Wildman–Crippen MR) is 120 cm³/mol. The van der Waals surface area contributed by atoms with E-state index in [1.54, 1.807) is 23.6 Å². The third kappa shape index (κ3) is 3.58. The lowest BCUT2D eigenvalue weighted by molar-refractivity contribution is -0.142. The number of fused-ring (bicyclic) bond motifs is 1. The van der Waals surface area contributed by atoms with Crippen LogP contribution < -0.4 is 10.6 Å². The maximum Gasteiger partial charge on any atom is 0.244 e. The Morgan fingerprint density at radius 3 is 2.61 bits per heavy atom. The van der Waals surface area contributed by atoms with Gasteiger partial charge in [0.05, 0.1) is 29.2 Å². The van der Waals surface area contributed by atoms with Gasteiger partial charge in [0, 0.05) is 17.8 Å². The van der Waals surface area contributed by atoms with Crippen LogP contribution in [0.5, 0.6) is 0 Å². The zero-order valence-electron chi connectivity index (χ0n) is 18.9. The summed E-state index contributed by atoms with van der Waals surface area (Å²) in [5.74, 6) is -1.04. The molecule has 0 aromatic rings. The Labute approximate surface area is 189 Å². The summed E-state index contributed by atoms with van der Waals surface area (Å²) in [4.78, 5) is 42.2. The van der Waals surface area contributed by atoms with E-state index < -0.39 is 28.7 Å². The van der Waals surface area contributed by atoms with Gasteiger partial charge in [0.1, 0.15) is 6.04 Å². The highest BCUT2D eigenvalue weighted by atomic mass is 32.2. The van der Waals surface area contributed by atoms with Gasteiger partial charge in [0.25, 0.3) is 0 Å². The normalized spacial score (nSPS) is 38.3. The number of rotatable bonds is 7. The van der Waals surface area contributed by atoms with E-state index in [1.165, 1.54) is 6.42 Å². The second-order valence-electron chi connectivity index (χ2n) is 9.96. The molecule has 1 spiro atoms. The van der Waals surface area contributed by atoms with Crippen LogP contribution in [0, 0.1) is 17.8 Å². The minimum atomic E-state index is -0.636. The predicted octanol–water partition coefficient (Wildman–Crippen LogP) is 1.68. The molecule has 3 unspecified atom stereocenters. The second-order valence-corrected chi connectivity index (χ2v) is 11.5. The van der Waals surface area contributed by atoms with Gasteiger partial charge in [-0.25, -0.2) is 0 Å². The van der Waals surface area contributed by atoms with E-state index in [-0.39, 0.29) is 41.5 Å². The lowest BCUT2D eigenvalue weighted by atomic mass is 9.65. The van der Waals surface area contributed by atoms with Gasteiger partial charge in [-0.05, 0) is 38.5 Å². The van der Waals surface area contributed by atoms with Crippen LogP contribution >= 0.6 is 11.8 Å². The lowest BCUT2D eigenvalue weighted by Gasteiger charge is -2.40. The van der Waals surface area contributed by atoms with Gasteiger partial charge >= 0.3 is 0 Å². The highest BCUT2D eigenvalue weighted by molar-refractivity contribution is 8.02. The molecular formula is C23H37N3O4S. The smallest absolute Gasteiger partial charge is 0.244 e. The van der Waals surface area contributed by atoms with E-state index in [9.17, 15) is 19.5 Å². The maximum absolute atomic E-state index is 13.8. The average molecular weight is 452 g/mol. The minimum absolute atomic E-state index is 0.0589. The molecule has 4 fully saturated rings. The average Bonchev–Trinajstić information content (AvgIpc) is 3.36. The number of amides is 3. The summed E-state index contributed by atoms with van der Waals surface area (Å²) in [5.41, 5.74) is 0. The molecule has 3 heterocycles. The third-order valence-electron chi connectivity index (χ3n) is 7.97. The van der Waals surface area contributed by atoms with Gasteiger partial charge in [-0.15, -0.1) is 11.8 Å². The van der Waals surface area contributed by atoms with Crippen molar-refractivity contribution in [3.05, 3.63) is 0 Å². The van der Waals surface area contributed by atoms with Crippen molar-refractivity contribution in [3.63, 3.8) is 0 Å². The molecule has 2 bridgehead atoms. The lowest BCUT2D eigenvalue weighted by Crippen LogP contribution is -2.59. The van der Waals surface area contributed by atoms with Gasteiger partial charge < -0.3 is 20.6 Å². The van der Waals surface area contributed by atoms with Crippen LogP contribution in [-0.4, -0.2) is 69.0 Å². The SMILES string of the molecule is CCCNC(=O)[C@@H]1[C@H]2C(=O)N([C@H](C)CO)C(C(=O)NC3CCCCC3)C23S[C@@H]1CC3C. The fourth-order valence-electron chi connectivity index (χ4n) is 6.51. The number of thioether (sulfide) groups is 1. The Morgan fingerprint density at radius 1 is 1.26 bits per heavy atom. The molecule has 7 atom stereocenters. The third-order valence-corrected chi connectivity index (χ3v) is 10.1. The van der Waals surface area contributed by atoms with Gasteiger partial charge in [0.2, 0.25) is 17.7 Å². The first kappa shape index (κ1) is 22.9. The van der Waals surface area contributed by atoms with E-state index in [1.807, 2.05) is 6.92 Å². The number of carbonyl (C=O) groups is 3. The molecule has 0 aromatic heterocycles. The zero-order chi connectivity index (χ0) is 22.3. The van der Waals surface area contributed by atoms with Crippen molar-refractivity contribution in [2.75, 3.05) is 13.2 Å². The molecule has 1 aliphatic carbocycles. The largest absolute Gasteiger partial charge is 0.394 e. The monoisotopic (exact) mass is 451 g/mol. The van der Waals surface area contributed by atoms with Gasteiger partial charge in [0.15, 0.2) is 0 Å². The molecule has 1 saturated carbocycles. The first-order valence-electron chi connectivity index (χ1n) is 12.1. The summed E-state index contributed by atoms with van der Waals surface area (Å²) in [6.07, 6.45) is 7.08. The molecule has 4 aliphatic rings. The Balaban J connectivity index is 1.68. The molecule has 31 heavy (non-hydrogen) atoms. The number of aliphatic hydroxyl groups excluding tert-OH is 1. The second kappa shape index (κ2) is 8.93. The van der Waals surface area contributed by atoms with Crippen LogP contribution in [0.25, 0.3) is 0 Å². The Morgan fingerprint density at radius 2 is 1.97 bits per heavy atom. The summed E-state index contributed by atoms with van der Waals surface area (Å²) < 4.78 is -0.599. The van der Waals surface area contributed by atoms with Crippen LogP contribution in [0.4, 0.5) is 0 Å². The van der Waals surface area contributed by atoms with Crippen LogP contribution in [0.3, 0.4) is 0 Å². The van der Waals surface area contributed by atoms with E-state index >= 15 is 0 Å². The van der Waals surface area contributed by atoms with Crippen molar-refractivity contribution in [2.24, 2.45) is 17.8 Å². The summed E-state index contributed by atoms with van der Waals surface area (Å²) in [5, 5.41) is 16.2. The van der Waals surface area contributed by atoms with Crippen molar-refractivity contribution in [2.45, 2.75) is 93.8 Å². The van der Waals surface area contributed by atoms with Gasteiger partial charge in [-0.1, -0.05) is 33.1 Å². The number of carbonyl (C=O) groups excluding carboxylic acids is 3. The molecular weight excluding hydrogens is 414 g/mol. The quantitative estimate of drug-likeness (QED) is 0.547. The molecule has 3 amide bonds. The van der Waals surface area contributed by atoms with Crippen molar-refractivity contribution in [1.29, 1.82) is 0 Å². The van der Waals surface area contributed by atoms with Crippen molar-refractivity contribution < 1.29 is 19.5 Å². The topological polar surface area (TPSA) is 98.7 Å². The van der Waals surface area contributed by atoms with Crippen molar-refractivity contribution in [3.8, 4) is 0 Å². The van der Waals surface area contributed by atoms with Gasteiger partial charge in [-0.3, -0.25) is 14.4 Å². The molecule has 3 N–H and O–H groups in total. The molecule has 0 radical (unpaired) electrons. The number of likely N-dealkylation sites (tertiary alicyclic amines) is 1. The van der Waals surface area contributed by atoms with E-state index in [0.717, 1.165) is 38.5 Å². The molecule has 7 nitrogen and oxygen atoms in total. The van der Waals surface area contributed by atoms with Crippen molar-refractivity contribution in [1.82, 2.24) is 15.5 Å². The Kier molecular flexibility index (Phi) is 6.59. The fraction of sp³-hybridized carbons (Fsp3) is 0.870. The van der Waals surface area contributed by atoms with E-state index in [4.69, 9.17) is 0 Å². The molecule has 8 heteroatoms. The molecule has 4 rings (SSSR count). The first-order valence-corrected chi connectivity index (χ1v) is 12.9. The highest BCUT2D eigenvalue weighted by Crippen LogP contribution is 2.68. The highest BCUT2D eigenvalue weighted by Gasteiger charge is 2.76. The number of nitrogens with one attached hydrogen (secondary N) is 2. The van der Waals surface area contributed by atoms with Crippen LogP contribution in [0.1, 0.15) is 65.7 Å². The summed E-state index contributed by atoms with van der Waals surface area (Å²) >= 11 is 1.70. The van der Waals surface area contributed by atoms with Crippen molar-refractivity contribution >= 4 is 29.5 Å². The number of hydrogen-bond donors (Lipinski definition) is 3. The van der Waals surface area contributed by atoms with E-state index in [0.29, 0.717) is 6.54 Å². The van der Waals surface area contributed by atoms with Crippen LogP contribution in [-0.2, 0) is 14.4 Å². The Hall–Kier alpha value is -1.28. The number of hydrogen-bond acceptors (Lipinski definition) is 5. The molecule has 0 aromatic carbocycles. The van der Waals surface area contributed by atoms with Crippen LogP contribution in [0.2, 0.25) is 0 Å². The molecule has 3 aliphatic heterocycles. The zero-order valence-corrected chi connectivity index (χ0v) is 19.7.